The van der Waals surface area contributed by atoms with Crippen LogP contribution in [0.3, 0.4) is 0 Å². The summed E-state index contributed by atoms with van der Waals surface area (Å²) in [6.45, 7) is 0. The lowest BCUT2D eigenvalue weighted by Gasteiger charge is -2.12. The Labute approximate surface area is 100 Å². The fourth-order valence-corrected chi connectivity index (χ4v) is 2.57. The van der Waals surface area contributed by atoms with Crippen molar-refractivity contribution in [3.05, 3.63) is 36.5 Å². The molecule has 1 aromatic carbocycles. The third-order valence-electron chi connectivity index (χ3n) is 3.50. The number of amides is 1. The number of hydrogen-bond donors (Lipinski definition) is 1. The summed E-state index contributed by atoms with van der Waals surface area (Å²) in [6.07, 6.45) is 6.54. The van der Waals surface area contributed by atoms with Crippen molar-refractivity contribution < 1.29 is 4.79 Å². The molecular weight excluding hydrogens is 212 g/mol. The second-order valence-corrected chi connectivity index (χ2v) is 4.68. The number of carbonyl (C=O) groups is 1. The molecule has 3 heteroatoms. The number of nitrogens with one attached hydrogen (secondary N) is 1. The summed E-state index contributed by atoms with van der Waals surface area (Å²) in [7, 11) is 0. The number of rotatable bonds is 1. The average molecular weight is 228 g/mol. The number of carbonyl (C=O) groups excluding carboxylic acids is 1. The van der Waals surface area contributed by atoms with E-state index in [1.807, 2.05) is 36.5 Å². The third-order valence-corrected chi connectivity index (χ3v) is 3.50. The number of para-hydroxylation sites is 1. The van der Waals surface area contributed by atoms with Gasteiger partial charge in [-0.1, -0.05) is 31.0 Å². The van der Waals surface area contributed by atoms with Crippen LogP contribution in [0.2, 0.25) is 0 Å². The Hall–Kier alpha value is -1.77. The largest absolute Gasteiger partial charge is 0.335 e. The van der Waals surface area contributed by atoms with Crippen LogP contribution in [0, 0.1) is 0 Å². The van der Waals surface area contributed by atoms with Crippen LogP contribution in [0.5, 0.6) is 0 Å². The molecule has 3 rings (SSSR count). The van der Waals surface area contributed by atoms with Gasteiger partial charge in [-0.15, -0.1) is 0 Å². The van der Waals surface area contributed by atoms with Crippen molar-refractivity contribution in [3.63, 3.8) is 0 Å². The molecule has 0 atom stereocenters. The summed E-state index contributed by atoms with van der Waals surface area (Å²) in [5.74, 6) is 0. The zero-order chi connectivity index (χ0) is 11.7. The smallest absolute Gasteiger partial charge is 0.326 e. The summed E-state index contributed by atoms with van der Waals surface area (Å²) < 4.78 is 1.70. The van der Waals surface area contributed by atoms with Gasteiger partial charge in [0.05, 0.1) is 5.52 Å². The van der Waals surface area contributed by atoms with Gasteiger partial charge in [0.2, 0.25) is 0 Å². The van der Waals surface area contributed by atoms with Crippen LogP contribution >= 0.6 is 0 Å². The van der Waals surface area contributed by atoms with E-state index in [0.717, 1.165) is 23.7 Å². The first-order chi connectivity index (χ1) is 8.34. The van der Waals surface area contributed by atoms with E-state index < -0.39 is 0 Å². The van der Waals surface area contributed by atoms with E-state index >= 15 is 0 Å². The van der Waals surface area contributed by atoms with Gasteiger partial charge in [0.25, 0.3) is 0 Å². The molecule has 3 nitrogen and oxygen atoms in total. The molecule has 0 unspecified atom stereocenters. The molecule has 1 aliphatic rings. The van der Waals surface area contributed by atoms with Gasteiger partial charge in [-0.05, 0) is 25.0 Å². The molecule has 0 saturated heterocycles. The summed E-state index contributed by atoms with van der Waals surface area (Å²) in [6, 6.07) is 10.3. The van der Waals surface area contributed by atoms with Crippen LogP contribution in [0.15, 0.2) is 36.5 Å². The topological polar surface area (TPSA) is 34.0 Å². The van der Waals surface area contributed by atoms with Gasteiger partial charge in [0, 0.05) is 17.6 Å². The van der Waals surface area contributed by atoms with Crippen molar-refractivity contribution in [2.75, 3.05) is 0 Å². The first-order valence-corrected chi connectivity index (χ1v) is 6.21. The van der Waals surface area contributed by atoms with E-state index in [1.54, 1.807) is 4.57 Å². The maximum Gasteiger partial charge on any atom is 0.326 e. The van der Waals surface area contributed by atoms with E-state index in [2.05, 4.69) is 5.32 Å². The molecule has 1 amide bonds. The Kier molecular flexibility index (Phi) is 2.59. The van der Waals surface area contributed by atoms with Gasteiger partial charge >= 0.3 is 6.03 Å². The highest BCUT2D eigenvalue weighted by atomic mass is 16.2. The SMILES string of the molecule is O=C(NC1CCCC1)n1ccc2ccccc21. The van der Waals surface area contributed by atoms with Gasteiger partial charge in [-0.2, -0.15) is 0 Å². The van der Waals surface area contributed by atoms with Gasteiger partial charge in [0.1, 0.15) is 0 Å². The van der Waals surface area contributed by atoms with E-state index in [1.165, 1.54) is 12.8 Å². The van der Waals surface area contributed by atoms with E-state index in [9.17, 15) is 4.79 Å². The molecule has 0 spiro atoms. The third kappa shape index (κ3) is 1.93. The Morgan fingerprint density at radius 1 is 1.18 bits per heavy atom. The van der Waals surface area contributed by atoms with Gasteiger partial charge in [-0.25, -0.2) is 4.79 Å². The maximum atomic E-state index is 12.1. The Morgan fingerprint density at radius 3 is 2.76 bits per heavy atom. The van der Waals surface area contributed by atoms with Crippen LogP contribution in [-0.2, 0) is 0 Å². The highest BCUT2D eigenvalue weighted by molar-refractivity contribution is 5.91. The van der Waals surface area contributed by atoms with Crippen LogP contribution in [0.1, 0.15) is 25.7 Å². The van der Waals surface area contributed by atoms with Crippen molar-refractivity contribution in [1.29, 1.82) is 0 Å². The van der Waals surface area contributed by atoms with Gasteiger partial charge < -0.3 is 5.32 Å². The zero-order valence-corrected chi connectivity index (χ0v) is 9.73. The van der Waals surface area contributed by atoms with Crippen molar-refractivity contribution in [3.8, 4) is 0 Å². The summed E-state index contributed by atoms with van der Waals surface area (Å²) in [5, 5.41) is 4.20. The minimum Gasteiger partial charge on any atom is -0.335 e. The molecular formula is C14H16N2O. The summed E-state index contributed by atoms with van der Waals surface area (Å²) >= 11 is 0. The summed E-state index contributed by atoms with van der Waals surface area (Å²) in [4.78, 5) is 12.1. The minimum atomic E-state index is -0.00176. The highest BCUT2D eigenvalue weighted by Gasteiger charge is 2.18. The lowest BCUT2D eigenvalue weighted by atomic mass is 10.2. The molecule has 1 fully saturated rings. The molecule has 2 aromatic rings. The average Bonchev–Trinajstić information content (AvgIpc) is 2.96. The number of hydrogen-bond acceptors (Lipinski definition) is 1. The molecule has 1 saturated carbocycles. The van der Waals surface area contributed by atoms with Crippen LogP contribution in [0.25, 0.3) is 10.9 Å². The van der Waals surface area contributed by atoms with Crippen molar-refractivity contribution in [2.24, 2.45) is 0 Å². The fourth-order valence-electron chi connectivity index (χ4n) is 2.57. The predicted octanol–water partition coefficient (Wildman–Crippen LogP) is 3.14. The quantitative estimate of drug-likeness (QED) is 0.799. The molecule has 17 heavy (non-hydrogen) atoms. The van der Waals surface area contributed by atoms with Crippen LogP contribution < -0.4 is 5.32 Å². The molecule has 1 heterocycles. The van der Waals surface area contributed by atoms with Crippen molar-refractivity contribution in [1.82, 2.24) is 9.88 Å². The zero-order valence-electron chi connectivity index (χ0n) is 9.73. The second kappa shape index (κ2) is 4.24. The maximum absolute atomic E-state index is 12.1. The number of aromatic nitrogens is 1. The first kappa shape index (κ1) is 10.4. The Bertz CT molecular complexity index is 538. The Balaban J connectivity index is 1.85. The van der Waals surface area contributed by atoms with E-state index in [4.69, 9.17) is 0 Å². The molecule has 1 aromatic heterocycles. The lowest BCUT2D eigenvalue weighted by molar-refractivity contribution is 0.239. The number of fused-ring (bicyclic) bond motifs is 1. The van der Waals surface area contributed by atoms with Gasteiger partial charge in [-0.3, -0.25) is 4.57 Å². The molecule has 0 radical (unpaired) electrons. The predicted molar refractivity (Wildman–Crippen MR) is 68.1 cm³/mol. The first-order valence-electron chi connectivity index (χ1n) is 6.21. The summed E-state index contributed by atoms with van der Waals surface area (Å²) in [5.41, 5.74) is 0.975. The number of benzene rings is 1. The van der Waals surface area contributed by atoms with Crippen LogP contribution in [-0.4, -0.2) is 16.6 Å². The highest BCUT2D eigenvalue weighted by Crippen LogP contribution is 2.19. The molecule has 1 aliphatic carbocycles. The normalized spacial score (nSPS) is 16.5. The molecule has 0 aliphatic heterocycles. The lowest BCUT2D eigenvalue weighted by Crippen LogP contribution is -2.35. The monoisotopic (exact) mass is 228 g/mol. The molecule has 88 valence electrons. The van der Waals surface area contributed by atoms with E-state index in [-0.39, 0.29) is 6.03 Å². The second-order valence-electron chi connectivity index (χ2n) is 4.68. The van der Waals surface area contributed by atoms with E-state index in [0.29, 0.717) is 6.04 Å². The fraction of sp³-hybridized carbons (Fsp3) is 0.357. The minimum absolute atomic E-state index is 0.00176. The van der Waals surface area contributed by atoms with Crippen molar-refractivity contribution in [2.45, 2.75) is 31.7 Å². The Morgan fingerprint density at radius 2 is 1.94 bits per heavy atom. The molecule has 1 N–H and O–H groups in total. The standard InChI is InChI=1S/C14H16N2O/c17-14(15-12-6-2-3-7-12)16-10-9-11-5-1-4-8-13(11)16/h1,4-5,8-10,12H,2-3,6-7H2,(H,15,17). The number of nitrogens with zero attached hydrogens (tertiary/aromatic N) is 1. The van der Waals surface area contributed by atoms with Crippen molar-refractivity contribution >= 4 is 16.9 Å². The molecule has 0 bridgehead atoms. The van der Waals surface area contributed by atoms with Gasteiger partial charge in [0.15, 0.2) is 0 Å². The van der Waals surface area contributed by atoms with Crippen LogP contribution in [0.4, 0.5) is 4.79 Å².